The first kappa shape index (κ1) is 14.6. The van der Waals surface area contributed by atoms with Crippen LogP contribution in [0.1, 0.15) is 42.7 Å². The summed E-state index contributed by atoms with van der Waals surface area (Å²) in [6, 6.07) is 19.7. The molecule has 1 aliphatic rings. The van der Waals surface area contributed by atoms with Gasteiger partial charge in [0.05, 0.1) is 0 Å². The lowest BCUT2D eigenvalue weighted by atomic mass is 9.82. The maximum Gasteiger partial charge on any atom is 0.0409 e. The monoisotopic (exact) mass is 299 g/mol. The second-order valence-corrected chi connectivity index (χ2v) is 6.41. The van der Waals surface area contributed by atoms with E-state index >= 15 is 0 Å². The molecule has 0 radical (unpaired) electrons. The maximum absolute atomic E-state index is 6.03. The second-order valence-electron chi connectivity index (χ2n) is 5.97. The first-order valence-corrected chi connectivity index (χ1v) is 8.22. The van der Waals surface area contributed by atoms with E-state index in [2.05, 4.69) is 41.7 Å². The van der Waals surface area contributed by atoms with Crippen LogP contribution in [-0.4, -0.2) is 6.04 Å². The Bertz CT molecular complexity index is 559. The molecule has 1 N–H and O–H groups in total. The van der Waals surface area contributed by atoms with Gasteiger partial charge in [-0.15, -0.1) is 0 Å². The van der Waals surface area contributed by atoms with Crippen LogP contribution in [0.2, 0.25) is 5.02 Å². The van der Waals surface area contributed by atoms with E-state index in [0.717, 1.165) is 17.5 Å². The summed E-state index contributed by atoms with van der Waals surface area (Å²) in [6.45, 7) is 0.918. The minimum absolute atomic E-state index is 0.643. The Kier molecular flexibility index (Phi) is 4.95. The molecule has 0 atom stereocenters. The molecule has 0 spiro atoms. The summed E-state index contributed by atoms with van der Waals surface area (Å²) in [6.07, 6.45) is 5.11. The molecule has 1 saturated carbocycles. The molecule has 0 amide bonds. The number of hydrogen-bond acceptors (Lipinski definition) is 1. The SMILES string of the molecule is Clc1cccc(CNC2CCC(c3ccccc3)CC2)c1. The molecule has 1 nitrogen and oxygen atoms in total. The van der Waals surface area contributed by atoms with Gasteiger partial charge in [0.15, 0.2) is 0 Å². The molecule has 3 rings (SSSR count). The summed E-state index contributed by atoms with van der Waals surface area (Å²) in [5, 5.41) is 4.50. The van der Waals surface area contributed by atoms with Crippen molar-refractivity contribution in [1.82, 2.24) is 5.32 Å². The third-order valence-electron chi connectivity index (χ3n) is 4.48. The molecule has 0 unspecified atom stereocenters. The Hall–Kier alpha value is -1.31. The molecule has 0 aromatic heterocycles. The average Bonchev–Trinajstić information content (AvgIpc) is 2.54. The average molecular weight is 300 g/mol. The smallest absolute Gasteiger partial charge is 0.0409 e. The fourth-order valence-electron chi connectivity index (χ4n) is 3.27. The van der Waals surface area contributed by atoms with Crippen molar-refractivity contribution in [1.29, 1.82) is 0 Å². The highest BCUT2D eigenvalue weighted by molar-refractivity contribution is 6.30. The molecule has 1 fully saturated rings. The van der Waals surface area contributed by atoms with Gasteiger partial charge in [-0.1, -0.05) is 54.1 Å². The molecule has 0 heterocycles. The highest BCUT2D eigenvalue weighted by Gasteiger charge is 2.21. The van der Waals surface area contributed by atoms with E-state index in [1.165, 1.54) is 36.8 Å². The van der Waals surface area contributed by atoms with Crippen molar-refractivity contribution in [3.8, 4) is 0 Å². The van der Waals surface area contributed by atoms with Crippen molar-refractivity contribution in [2.75, 3.05) is 0 Å². The summed E-state index contributed by atoms with van der Waals surface area (Å²) < 4.78 is 0. The molecule has 0 saturated heterocycles. The largest absolute Gasteiger partial charge is 0.310 e. The molecule has 2 heteroatoms. The minimum atomic E-state index is 0.643. The van der Waals surface area contributed by atoms with Crippen LogP contribution in [-0.2, 0) is 6.54 Å². The van der Waals surface area contributed by atoms with Crippen LogP contribution in [0.5, 0.6) is 0 Å². The molecule has 0 aliphatic heterocycles. The van der Waals surface area contributed by atoms with Gasteiger partial charge >= 0.3 is 0 Å². The predicted octanol–water partition coefficient (Wildman–Crippen LogP) is 5.16. The van der Waals surface area contributed by atoms with Gasteiger partial charge in [-0.3, -0.25) is 0 Å². The molecular formula is C19H22ClN. The molecule has 1 aliphatic carbocycles. The van der Waals surface area contributed by atoms with Crippen molar-refractivity contribution in [2.24, 2.45) is 0 Å². The Labute approximate surface area is 132 Å². The van der Waals surface area contributed by atoms with Crippen molar-refractivity contribution in [2.45, 2.75) is 44.2 Å². The number of nitrogens with one attached hydrogen (secondary N) is 1. The summed E-state index contributed by atoms with van der Waals surface area (Å²) in [5.74, 6) is 0.746. The lowest BCUT2D eigenvalue weighted by Gasteiger charge is -2.29. The second kappa shape index (κ2) is 7.11. The van der Waals surface area contributed by atoms with Crippen LogP contribution in [0, 0.1) is 0 Å². The lowest BCUT2D eigenvalue weighted by Crippen LogP contribution is -2.32. The predicted molar refractivity (Wildman–Crippen MR) is 89.7 cm³/mol. The number of rotatable bonds is 4. The highest BCUT2D eigenvalue weighted by atomic mass is 35.5. The van der Waals surface area contributed by atoms with Gasteiger partial charge in [0.25, 0.3) is 0 Å². The topological polar surface area (TPSA) is 12.0 Å². The third-order valence-corrected chi connectivity index (χ3v) is 4.72. The highest BCUT2D eigenvalue weighted by Crippen LogP contribution is 2.32. The maximum atomic E-state index is 6.03. The van der Waals surface area contributed by atoms with E-state index in [9.17, 15) is 0 Å². The molecule has 21 heavy (non-hydrogen) atoms. The molecule has 0 bridgehead atoms. The standard InChI is InChI=1S/C19H22ClN/c20-18-8-4-5-15(13-18)14-21-19-11-9-17(10-12-19)16-6-2-1-3-7-16/h1-8,13,17,19,21H,9-12,14H2. The molecule has 110 valence electrons. The normalized spacial score (nSPS) is 22.1. The Balaban J connectivity index is 1.48. The number of hydrogen-bond donors (Lipinski definition) is 1. The van der Waals surface area contributed by atoms with E-state index in [4.69, 9.17) is 11.6 Å². The number of halogens is 1. The van der Waals surface area contributed by atoms with Gasteiger partial charge in [-0.25, -0.2) is 0 Å². The fraction of sp³-hybridized carbons (Fsp3) is 0.368. The fourth-order valence-corrected chi connectivity index (χ4v) is 3.48. The van der Waals surface area contributed by atoms with Crippen LogP contribution in [0.25, 0.3) is 0 Å². The van der Waals surface area contributed by atoms with E-state index in [0.29, 0.717) is 6.04 Å². The van der Waals surface area contributed by atoms with E-state index in [-0.39, 0.29) is 0 Å². The summed E-state index contributed by atoms with van der Waals surface area (Å²) >= 11 is 6.03. The third kappa shape index (κ3) is 4.09. The zero-order chi connectivity index (χ0) is 14.5. The van der Waals surface area contributed by atoms with E-state index in [1.807, 2.05) is 18.2 Å². The van der Waals surface area contributed by atoms with E-state index in [1.54, 1.807) is 0 Å². The first-order chi connectivity index (χ1) is 10.3. The van der Waals surface area contributed by atoms with Crippen LogP contribution >= 0.6 is 11.6 Å². The van der Waals surface area contributed by atoms with Gasteiger partial charge in [0, 0.05) is 17.6 Å². The lowest BCUT2D eigenvalue weighted by molar-refractivity contribution is 0.341. The first-order valence-electron chi connectivity index (χ1n) is 7.84. The van der Waals surface area contributed by atoms with Crippen molar-refractivity contribution in [3.63, 3.8) is 0 Å². The molecule has 2 aromatic carbocycles. The minimum Gasteiger partial charge on any atom is -0.310 e. The van der Waals surface area contributed by atoms with Crippen LogP contribution in [0.15, 0.2) is 54.6 Å². The van der Waals surface area contributed by atoms with Gasteiger partial charge in [-0.2, -0.15) is 0 Å². The zero-order valence-electron chi connectivity index (χ0n) is 12.3. The Morgan fingerprint density at radius 1 is 0.905 bits per heavy atom. The molecule has 2 aromatic rings. The van der Waals surface area contributed by atoms with Gasteiger partial charge < -0.3 is 5.32 Å². The number of benzene rings is 2. The van der Waals surface area contributed by atoms with Gasteiger partial charge in [0.1, 0.15) is 0 Å². The summed E-state index contributed by atoms with van der Waals surface area (Å²) in [5.41, 5.74) is 2.78. The summed E-state index contributed by atoms with van der Waals surface area (Å²) in [7, 11) is 0. The van der Waals surface area contributed by atoms with Gasteiger partial charge in [-0.05, 0) is 54.9 Å². The summed E-state index contributed by atoms with van der Waals surface area (Å²) in [4.78, 5) is 0. The van der Waals surface area contributed by atoms with Crippen molar-refractivity contribution in [3.05, 3.63) is 70.7 Å². The van der Waals surface area contributed by atoms with Crippen LogP contribution < -0.4 is 5.32 Å². The molecular weight excluding hydrogens is 278 g/mol. The van der Waals surface area contributed by atoms with Crippen LogP contribution in [0.3, 0.4) is 0 Å². The van der Waals surface area contributed by atoms with Crippen molar-refractivity contribution < 1.29 is 0 Å². The van der Waals surface area contributed by atoms with Crippen LogP contribution in [0.4, 0.5) is 0 Å². The van der Waals surface area contributed by atoms with E-state index < -0.39 is 0 Å². The Morgan fingerprint density at radius 3 is 2.38 bits per heavy atom. The Morgan fingerprint density at radius 2 is 1.67 bits per heavy atom. The van der Waals surface area contributed by atoms with Gasteiger partial charge in [0.2, 0.25) is 0 Å². The quantitative estimate of drug-likeness (QED) is 0.822. The van der Waals surface area contributed by atoms with Crippen molar-refractivity contribution >= 4 is 11.6 Å². The zero-order valence-corrected chi connectivity index (χ0v) is 13.0.